The molecule has 2 aliphatic heterocycles. The number of nitrogens with one attached hydrogen (secondary N) is 2. The van der Waals surface area contributed by atoms with Gasteiger partial charge in [0.05, 0.1) is 6.54 Å². The van der Waals surface area contributed by atoms with Crippen LogP contribution >= 0.6 is 11.6 Å². The number of carbonyl (C=O) groups excluding carboxylic acids is 2. The second kappa shape index (κ2) is 7.68. The highest BCUT2D eigenvalue weighted by molar-refractivity contribution is 6.30. The molecular weight excluding hydrogens is 364 g/mol. The van der Waals surface area contributed by atoms with E-state index < -0.39 is 0 Å². The van der Waals surface area contributed by atoms with Crippen molar-refractivity contribution in [1.29, 1.82) is 0 Å². The molecule has 7 heteroatoms. The van der Waals surface area contributed by atoms with Gasteiger partial charge in [-0.2, -0.15) is 0 Å². The third-order valence-corrected chi connectivity index (χ3v) is 6.56. The molecule has 2 saturated heterocycles. The van der Waals surface area contributed by atoms with Crippen LogP contribution in [0.15, 0.2) is 24.3 Å². The molecule has 2 heterocycles. The molecule has 0 bridgehead atoms. The Balaban J connectivity index is 1.21. The van der Waals surface area contributed by atoms with Crippen LogP contribution in [-0.2, 0) is 9.59 Å². The lowest BCUT2D eigenvalue weighted by atomic mass is 9.92. The van der Waals surface area contributed by atoms with Gasteiger partial charge < -0.3 is 20.4 Å². The average molecular weight is 391 g/mol. The van der Waals surface area contributed by atoms with Gasteiger partial charge in [0.15, 0.2) is 0 Å². The molecule has 2 N–H and O–H groups in total. The summed E-state index contributed by atoms with van der Waals surface area (Å²) in [6.07, 6.45) is 3.13. The Hall–Kier alpha value is -1.79. The van der Waals surface area contributed by atoms with Crippen LogP contribution in [0.1, 0.15) is 19.3 Å². The first-order chi connectivity index (χ1) is 13.1. The molecule has 2 amide bonds. The molecule has 0 radical (unpaired) electrons. The monoisotopic (exact) mass is 390 g/mol. The fourth-order valence-corrected chi connectivity index (χ4v) is 4.66. The van der Waals surface area contributed by atoms with Gasteiger partial charge in [-0.15, -0.1) is 0 Å². The van der Waals surface area contributed by atoms with Crippen LogP contribution in [0.4, 0.5) is 5.69 Å². The Morgan fingerprint density at radius 1 is 1.19 bits per heavy atom. The SMILES string of the molecule is O=C(NCC(=O)N1CCN(c2cccc(Cl)c2)CC1)C1CC12CCNCC2. The molecule has 27 heavy (non-hydrogen) atoms. The lowest BCUT2D eigenvalue weighted by molar-refractivity contribution is -0.133. The van der Waals surface area contributed by atoms with E-state index in [1.54, 1.807) is 0 Å². The van der Waals surface area contributed by atoms with E-state index >= 15 is 0 Å². The highest BCUT2D eigenvalue weighted by atomic mass is 35.5. The Labute approximate surface area is 165 Å². The van der Waals surface area contributed by atoms with Crippen LogP contribution in [0.5, 0.6) is 0 Å². The van der Waals surface area contributed by atoms with Crippen LogP contribution < -0.4 is 15.5 Å². The first-order valence-corrected chi connectivity index (χ1v) is 10.2. The highest BCUT2D eigenvalue weighted by Crippen LogP contribution is 2.58. The van der Waals surface area contributed by atoms with E-state index in [1.165, 1.54) is 0 Å². The van der Waals surface area contributed by atoms with Gasteiger partial charge in [0.25, 0.3) is 0 Å². The minimum atomic E-state index is 0.00843. The summed E-state index contributed by atoms with van der Waals surface area (Å²) in [6.45, 7) is 5.00. The number of piperazine rings is 1. The largest absolute Gasteiger partial charge is 0.368 e. The predicted octanol–water partition coefficient (Wildman–Crippen LogP) is 1.49. The van der Waals surface area contributed by atoms with Crippen molar-refractivity contribution in [3.05, 3.63) is 29.3 Å². The van der Waals surface area contributed by atoms with Gasteiger partial charge in [0.2, 0.25) is 11.8 Å². The van der Waals surface area contributed by atoms with Gasteiger partial charge in [-0.3, -0.25) is 9.59 Å². The fraction of sp³-hybridized carbons (Fsp3) is 0.600. The van der Waals surface area contributed by atoms with Crippen LogP contribution in [0.3, 0.4) is 0 Å². The van der Waals surface area contributed by atoms with Crippen molar-refractivity contribution >= 4 is 29.1 Å². The Bertz CT molecular complexity index is 712. The van der Waals surface area contributed by atoms with Crippen molar-refractivity contribution in [3.63, 3.8) is 0 Å². The normalized spacial score (nSPS) is 24.0. The number of hydrogen-bond donors (Lipinski definition) is 2. The summed E-state index contributed by atoms with van der Waals surface area (Å²) in [5.74, 6) is 0.170. The highest BCUT2D eigenvalue weighted by Gasteiger charge is 2.57. The molecule has 1 aliphatic carbocycles. The van der Waals surface area contributed by atoms with E-state index in [-0.39, 0.29) is 29.7 Å². The lowest BCUT2D eigenvalue weighted by Gasteiger charge is -2.36. The van der Waals surface area contributed by atoms with Crippen molar-refractivity contribution in [2.24, 2.45) is 11.3 Å². The minimum Gasteiger partial charge on any atom is -0.368 e. The summed E-state index contributed by atoms with van der Waals surface area (Å²) in [5, 5.41) is 6.95. The maximum atomic E-state index is 12.5. The van der Waals surface area contributed by atoms with Crippen molar-refractivity contribution in [2.75, 3.05) is 50.7 Å². The van der Waals surface area contributed by atoms with Crippen LogP contribution in [0.2, 0.25) is 5.02 Å². The number of anilines is 1. The smallest absolute Gasteiger partial charge is 0.242 e. The zero-order valence-corrected chi connectivity index (χ0v) is 16.3. The molecule has 1 spiro atoms. The standard InChI is InChI=1S/C20H27ClN4O2/c21-15-2-1-3-16(12-15)24-8-10-25(11-9-24)18(26)14-23-19(27)17-13-20(17)4-6-22-7-5-20/h1-3,12,17,22H,4-11,13-14H2,(H,23,27). The molecule has 1 unspecified atom stereocenters. The number of carbonyl (C=O) groups is 2. The molecule has 4 rings (SSSR count). The van der Waals surface area contributed by atoms with Gasteiger partial charge in [-0.05, 0) is 56.0 Å². The van der Waals surface area contributed by atoms with E-state index in [2.05, 4.69) is 15.5 Å². The molecule has 1 saturated carbocycles. The second-order valence-corrected chi connectivity index (χ2v) is 8.37. The zero-order valence-electron chi connectivity index (χ0n) is 15.5. The van der Waals surface area contributed by atoms with Gasteiger partial charge in [-0.1, -0.05) is 17.7 Å². The van der Waals surface area contributed by atoms with E-state index in [0.29, 0.717) is 13.1 Å². The van der Waals surface area contributed by atoms with E-state index in [9.17, 15) is 9.59 Å². The number of hydrogen-bond acceptors (Lipinski definition) is 4. The molecule has 0 aromatic heterocycles. The Morgan fingerprint density at radius 2 is 1.93 bits per heavy atom. The van der Waals surface area contributed by atoms with Crippen molar-refractivity contribution in [2.45, 2.75) is 19.3 Å². The predicted molar refractivity (Wildman–Crippen MR) is 106 cm³/mol. The number of piperidine rings is 1. The lowest BCUT2D eigenvalue weighted by Crippen LogP contribution is -2.51. The number of nitrogens with zero attached hydrogens (tertiary/aromatic N) is 2. The third kappa shape index (κ3) is 4.06. The Kier molecular flexibility index (Phi) is 5.28. The first kappa shape index (κ1) is 18.6. The van der Waals surface area contributed by atoms with Crippen molar-refractivity contribution in [3.8, 4) is 0 Å². The topological polar surface area (TPSA) is 64.7 Å². The molecule has 146 valence electrons. The third-order valence-electron chi connectivity index (χ3n) is 6.33. The van der Waals surface area contributed by atoms with Gasteiger partial charge in [-0.25, -0.2) is 0 Å². The van der Waals surface area contributed by atoms with Crippen LogP contribution in [-0.4, -0.2) is 62.5 Å². The van der Waals surface area contributed by atoms with Crippen LogP contribution in [0.25, 0.3) is 0 Å². The van der Waals surface area contributed by atoms with Gasteiger partial charge >= 0.3 is 0 Å². The van der Waals surface area contributed by atoms with E-state index in [1.807, 2.05) is 29.2 Å². The summed E-state index contributed by atoms with van der Waals surface area (Å²) < 4.78 is 0. The molecular formula is C20H27ClN4O2. The number of rotatable bonds is 4. The molecule has 3 fully saturated rings. The maximum Gasteiger partial charge on any atom is 0.242 e. The summed E-state index contributed by atoms with van der Waals surface area (Å²) in [6, 6.07) is 7.79. The zero-order chi connectivity index (χ0) is 18.9. The summed E-state index contributed by atoms with van der Waals surface area (Å²) in [4.78, 5) is 29.0. The summed E-state index contributed by atoms with van der Waals surface area (Å²) in [7, 11) is 0. The van der Waals surface area contributed by atoms with Gasteiger partial charge in [0, 0.05) is 42.8 Å². The summed E-state index contributed by atoms with van der Waals surface area (Å²) >= 11 is 6.06. The Morgan fingerprint density at radius 3 is 2.63 bits per heavy atom. The van der Waals surface area contributed by atoms with Crippen molar-refractivity contribution < 1.29 is 9.59 Å². The number of halogens is 1. The second-order valence-electron chi connectivity index (χ2n) is 7.93. The molecule has 3 aliphatic rings. The maximum absolute atomic E-state index is 12.5. The van der Waals surface area contributed by atoms with Crippen LogP contribution in [0, 0.1) is 11.3 Å². The van der Waals surface area contributed by atoms with E-state index in [0.717, 1.165) is 56.2 Å². The molecule has 6 nitrogen and oxygen atoms in total. The number of amides is 2. The minimum absolute atomic E-state index is 0.00843. The summed E-state index contributed by atoms with van der Waals surface area (Å²) in [5.41, 5.74) is 1.30. The molecule has 1 atom stereocenters. The van der Waals surface area contributed by atoms with E-state index in [4.69, 9.17) is 11.6 Å². The first-order valence-electron chi connectivity index (χ1n) is 9.84. The molecule has 1 aromatic rings. The van der Waals surface area contributed by atoms with Crippen molar-refractivity contribution in [1.82, 2.24) is 15.5 Å². The molecule has 1 aromatic carbocycles. The van der Waals surface area contributed by atoms with Gasteiger partial charge in [0.1, 0.15) is 0 Å². The number of benzene rings is 1. The average Bonchev–Trinajstić information content (AvgIpc) is 3.39. The quantitative estimate of drug-likeness (QED) is 0.817. The fourth-order valence-electron chi connectivity index (χ4n) is 4.48.